The van der Waals surface area contributed by atoms with E-state index < -0.39 is 38.6 Å². The number of hydrogen-bond donors (Lipinski definition) is 3. The molecule has 3 amide bonds. The Morgan fingerprint density at radius 3 is 2.21 bits per heavy atom. The lowest BCUT2D eigenvalue weighted by Crippen LogP contribution is -2.33. The molecule has 0 saturated heterocycles. The molecule has 0 bridgehead atoms. The number of para-hydroxylation sites is 1. The Hall–Kier alpha value is -4.49. The van der Waals surface area contributed by atoms with Crippen LogP contribution in [0.1, 0.15) is 57.9 Å². The number of rotatable bonds is 14. The first-order valence-electron chi connectivity index (χ1n) is 13.3. The topological polar surface area (TPSA) is 170 Å². The van der Waals surface area contributed by atoms with E-state index in [4.69, 9.17) is 21.1 Å². The molecule has 0 aliphatic rings. The number of carbonyl (C=O) groups is 4. The molecule has 0 unspecified atom stereocenters. The highest BCUT2D eigenvalue weighted by molar-refractivity contribution is 7.90. The van der Waals surface area contributed by atoms with Crippen LogP contribution in [-0.2, 0) is 19.6 Å². The van der Waals surface area contributed by atoms with Gasteiger partial charge in [-0.15, -0.1) is 0 Å². The monoisotopic (exact) mass is 630 g/mol. The van der Waals surface area contributed by atoms with Gasteiger partial charge < -0.3 is 20.1 Å². The zero-order chi connectivity index (χ0) is 31.4. The van der Waals surface area contributed by atoms with Crippen LogP contribution in [0.3, 0.4) is 0 Å². The SMILES string of the molecule is CCC(CC)OC(=O)CNC(=O)c1ccc(C(=O)NS(=O)(=O)c2ccc(C(=O)NCCOc3ccccc3)cc2Cl)cn1. The summed E-state index contributed by atoms with van der Waals surface area (Å²) in [7, 11) is -4.43. The molecule has 0 atom stereocenters. The first kappa shape index (κ1) is 33.0. The smallest absolute Gasteiger partial charge is 0.325 e. The number of carbonyl (C=O) groups excluding carboxylic acids is 4. The molecule has 1 aromatic heterocycles. The normalized spacial score (nSPS) is 11.0. The molecule has 1 heterocycles. The van der Waals surface area contributed by atoms with Gasteiger partial charge in [0.2, 0.25) is 0 Å². The van der Waals surface area contributed by atoms with E-state index in [1.165, 1.54) is 24.3 Å². The van der Waals surface area contributed by atoms with Gasteiger partial charge in [-0.25, -0.2) is 13.1 Å². The lowest BCUT2D eigenvalue weighted by atomic mass is 10.2. The van der Waals surface area contributed by atoms with Crippen LogP contribution >= 0.6 is 11.6 Å². The molecule has 3 rings (SSSR count). The van der Waals surface area contributed by atoms with Crippen LogP contribution in [0, 0.1) is 0 Å². The van der Waals surface area contributed by atoms with E-state index in [1.54, 1.807) is 12.1 Å². The van der Waals surface area contributed by atoms with Gasteiger partial charge in [-0.3, -0.25) is 24.2 Å². The zero-order valence-corrected chi connectivity index (χ0v) is 25.0. The number of aromatic nitrogens is 1. The maximum absolute atomic E-state index is 12.8. The molecule has 0 aliphatic carbocycles. The van der Waals surface area contributed by atoms with Crippen molar-refractivity contribution in [3.63, 3.8) is 0 Å². The van der Waals surface area contributed by atoms with Crippen molar-refractivity contribution in [3.05, 3.63) is 88.7 Å². The Balaban J connectivity index is 1.54. The summed E-state index contributed by atoms with van der Waals surface area (Å²) in [6, 6.07) is 15.0. The molecule has 43 heavy (non-hydrogen) atoms. The summed E-state index contributed by atoms with van der Waals surface area (Å²) in [6.07, 6.45) is 2.08. The largest absolute Gasteiger partial charge is 0.492 e. The second kappa shape index (κ2) is 15.7. The van der Waals surface area contributed by atoms with Crippen molar-refractivity contribution in [2.24, 2.45) is 0 Å². The number of benzene rings is 2. The molecule has 14 heteroatoms. The molecule has 0 spiro atoms. The minimum Gasteiger partial charge on any atom is -0.492 e. The van der Waals surface area contributed by atoms with Crippen LogP contribution in [0.4, 0.5) is 0 Å². The second-order valence-corrected chi connectivity index (χ2v) is 11.1. The molecule has 0 radical (unpaired) electrons. The summed E-state index contributed by atoms with van der Waals surface area (Å²) < 4.78 is 38.3. The van der Waals surface area contributed by atoms with Gasteiger partial charge in [-0.05, 0) is 55.3 Å². The molecule has 0 aliphatic heterocycles. The molecule has 3 aromatic rings. The van der Waals surface area contributed by atoms with E-state index >= 15 is 0 Å². The molecular formula is C29H31ClN4O8S. The van der Waals surface area contributed by atoms with Gasteiger partial charge in [0, 0.05) is 11.8 Å². The van der Waals surface area contributed by atoms with Crippen molar-refractivity contribution < 1.29 is 37.1 Å². The predicted molar refractivity (Wildman–Crippen MR) is 157 cm³/mol. The molecule has 0 saturated carbocycles. The molecule has 12 nitrogen and oxygen atoms in total. The quantitative estimate of drug-likeness (QED) is 0.179. The Morgan fingerprint density at radius 1 is 0.884 bits per heavy atom. The molecule has 228 valence electrons. The van der Waals surface area contributed by atoms with E-state index in [1.807, 2.05) is 36.8 Å². The number of hydrogen-bond acceptors (Lipinski definition) is 9. The maximum Gasteiger partial charge on any atom is 0.325 e. The fraction of sp³-hybridized carbons (Fsp3) is 0.276. The lowest BCUT2D eigenvalue weighted by molar-refractivity contribution is -0.148. The minimum absolute atomic E-state index is 0.0988. The van der Waals surface area contributed by atoms with Crippen molar-refractivity contribution in [3.8, 4) is 5.75 Å². The van der Waals surface area contributed by atoms with Gasteiger partial charge in [0.1, 0.15) is 35.6 Å². The maximum atomic E-state index is 12.8. The number of nitrogens with zero attached hydrogens (tertiary/aromatic N) is 1. The summed E-state index contributed by atoms with van der Waals surface area (Å²) in [5.41, 5.74) is -0.145. The Bertz CT molecular complexity index is 1550. The van der Waals surface area contributed by atoms with E-state index in [0.717, 1.165) is 12.3 Å². The number of halogens is 1. The van der Waals surface area contributed by atoms with Crippen LogP contribution in [0.15, 0.2) is 71.8 Å². The highest BCUT2D eigenvalue weighted by Crippen LogP contribution is 2.23. The van der Waals surface area contributed by atoms with Gasteiger partial charge in [-0.1, -0.05) is 43.6 Å². The summed E-state index contributed by atoms with van der Waals surface area (Å²) in [5, 5.41) is 4.75. The van der Waals surface area contributed by atoms with Crippen molar-refractivity contribution >= 4 is 45.3 Å². The van der Waals surface area contributed by atoms with Crippen molar-refractivity contribution in [1.82, 2.24) is 20.3 Å². The Morgan fingerprint density at radius 2 is 1.58 bits per heavy atom. The molecular weight excluding hydrogens is 600 g/mol. The highest BCUT2D eigenvalue weighted by Gasteiger charge is 2.23. The van der Waals surface area contributed by atoms with Gasteiger partial charge in [0.25, 0.3) is 27.7 Å². The van der Waals surface area contributed by atoms with Crippen molar-refractivity contribution in [2.75, 3.05) is 19.7 Å². The first-order valence-corrected chi connectivity index (χ1v) is 15.2. The number of ether oxygens (including phenoxy) is 2. The van der Waals surface area contributed by atoms with Gasteiger partial charge in [0.05, 0.1) is 17.1 Å². The fourth-order valence-corrected chi connectivity index (χ4v) is 5.16. The number of amides is 3. The Kier molecular flexibility index (Phi) is 12.0. The first-order chi connectivity index (χ1) is 20.5. The van der Waals surface area contributed by atoms with E-state index in [0.29, 0.717) is 18.6 Å². The van der Waals surface area contributed by atoms with Crippen LogP contribution in [-0.4, -0.2) is 62.9 Å². The second-order valence-electron chi connectivity index (χ2n) is 9.04. The highest BCUT2D eigenvalue weighted by atomic mass is 35.5. The fourth-order valence-electron chi connectivity index (χ4n) is 3.64. The van der Waals surface area contributed by atoms with Crippen LogP contribution in [0.5, 0.6) is 5.75 Å². The average Bonchev–Trinajstić information content (AvgIpc) is 3.00. The zero-order valence-electron chi connectivity index (χ0n) is 23.5. The van der Waals surface area contributed by atoms with Crippen molar-refractivity contribution in [2.45, 2.75) is 37.7 Å². The van der Waals surface area contributed by atoms with Crippen LogP contribution in [0.2, 0.25) is 5.02 Å². The van der Waals surface area contributed by atoms with Crippen LogP contribution < -0.4 is 20.1 Å². The Labute approximate surface area is 254 Å². The van der Waals surface area contributed by atoms with Gasteiger partial charge in [0.15, 0.2) is 0 Å². The third kappa shape index (κ3) is 9.79. The average molecular weight is 631 g/mol. The molecule has 2 aromatic carbocycles. The lowest BCUT2D eigenvalue weighted by Gasteiger charge is -2.14. The number of pyridine rings is 1. The number of sulfonamides is 1. The predicted octanol–water partition coefficient (Wildman–Crippen LogP) is 3.12. The van der Waals surface area contributed by atoms with Crippen molar-refractivity contribution in [1.29, 1.82) is 0 Å². The summed E-state index contributed by atoms with van der Waals surface area (Å²) in [5.74, 6) is -2.14. The van der Waals surface area contributed by atoms with E-state index in [-0.39, 0.29) is 47.6 Å². The van der Waals surface area contributed by atoms with E-state index in [9.17, 15) is 27.6 Å². The van der Waals surface area contributed by atoms with Crippen LogP contribution in [0.25, 0.3) is 0 Å². The summed E-state index contributed by atoms with van der Waals surface area (Å²) in [6.45, 7) is 3.81. The number of nitrogens with one attached hydrogen (secondary N) is 3. The summed E-state index contributed by atoms with van der Waals surface area (Å²) in [4.78, 5) is 52.7. The molecule has 3 N–H and O–H groups in total. The minimum atomic E-state index is -4.43. The summed E-state index contributed by atoms with van der Waals surface area (Å²) >= 11 is 6.16. The van der Waals surface area contributed by atoms with E-state index in [2.05, 4.69) is 15.6 Å². The van der Waals surface area contributed by atoms with Gasteiger partial charge >= 0.3 is 5.97 Å². The molecule has 0 fully saturated rings. The third-order valence-corrected chi connectivity index (χ3v) is 7.78. The van der Waals surface area contributed by atoms with Gasteiger partial charge in [-0.2, -0.15) is 0 Å². The third-order valence-electron chi connectivity index (χ3n) is 5.97. The number of esters is 1. The standard InChI is InChI=1S/C29H31ClN4O8S/c1-3-21(4-2)42-26(35)18-33-29(38)24-12-10-20(17-32-24)28(37)34-43(39,40)25-13-11-19(16-23(25)30)27(36)31-14-15-41-22-8-6-5-7-9-22/h5-13,16-17,21H,3-4,14-15,18H2,1-2H3,(H,31,36)(H,33,38)(H,34,37).